The molecule has 0 bridgehead atoms. The van der Waals surface area contributed by atoms with E-state index in [0.29, 0.717) is 31.5 Å². The molecule has 1 unspecified atom stereocenters. The minimum atomic E-state index is -0.700. The van der Waals surface area contributed by atoms with Gasteiger partial charge in [-0.3, -0.25) is 9.59 Å². The molecule has 1 atom stereocenters. The summed E-state index contributed by atoms with van der Waals surface area (Å²) >= 11 is 0. The third-order valence-electron chi connectivity index (χ3n) is 4.82. The summed E-state index contributed by atoms with van der Waals surface area (Å²) in [5.41, 5.74) is -0.700. The zero-order chi connectivity index (χ0) is 18.2. The number of esters is 2. The van der Waals surface area contributed by atoms with Crippen LogP contribution in [-0.4, -0.2) is 25.2 Å². The van der Waals surface area contributed by atoms with E-state index in [1.165, 1.54) is 0 Å². The first-order valence-corrected chi connectivity index (χ1v) is 9.64. The second kappa shape index (κ2) is 10.0. The zero-order valence-electron chi connectivity index (χ0n) is 16.2. The van der Waals surface area contributed by atoms with Crippen molar-refractivity contribution in [2.45, 2.75) is 79.6 Å². The van der Waals surface area contributed by atoms with Crippen LogP contribution in [0, 0.1) is 23.2 Å². The molecule has 1 aliphatic carbocycles. The molecular weight excluding hydrogens is 304 g/mol. The molecule has 140 valence electrons. The van der Waals surface area contributed by atoms with Gasteiger partial charge < -0.3 is 9.47 Å². The van der Waals surface area contributed by atoms with E-state index in [-0.39, 0.29) is 24.3 Å². The predicted octanol–water partition coefficient (Wildman–Crippen LogP) is 4.75. The summed E-state index contributed by atoms with van der Waals surface area (Å²) in [6, 6.07) is 0. The Morgan fingerprint density at radius 2 is 1.54 bits per heavy atom. The summed E-state index contributed by atoms with van der Waals surface area (Å²) in [4.78, 5) is 25.4. The Labute approximate surface area is 147 Å². The van der Waals surface area contributed by atoms with Crippen molar-refractivity contribution in [2.75, 3.05) is 13.2 Å². The van der Waals surface area contributed by atoms with Crippen molar-refractivity contribution in [2.24, 2.45) is 23.2 Å². The minimum absolute atomic E-state index is 0.162. The van der Waals surface area contributed by atoms with Crippen LogP contribution in [0.5, 0.6) is 0 Å². The van der Waals surface area contributed by atoms with Crippen LogP contribution in [0.2, 0.25) is 0 Å². The normalized spacial score (nSPS) is 18.0. The molecule has 24 heavy (non-hydrogen) atoms. The minimum Gasteiger partial charge on any atom is -0.465 e. The van der Waals surface area contributed by atoms with Gasteiger partial charge in [0.25, 0.3) is 0 Å². The Hall–Kier alpha value is -1.06. The van der Waals surface area contributed by atoms with Crippen molar-refractivity contribution < 1.29 is 19.1 Å². The highest BCUT2D eigenvalue weighted by atomic mass is 16.5. The van der Waals surface area contributed by atoms with E-state index in [2.05, 4.69) is 6.92 Å². The van der Waals surface area contributed by atoms with Gasteiger partial charge in [-0.15, -0.1) is 0 Å². The van der Waals surface area contributed by atoms with Gasteiger partial charge in [-0.2, -0.15) is 0 Å². The lowest BCUT2D eigenvalue weighted by molar-refractivity contribution is -0.169. The molecule has 0 aromatic carbocycles. The predicted molar refractivity (Wildman–Crippen MR) is 95.5 cm³/mol. The molecule has 0 amide bonds. The lowest BCUT2D eigenvalue weighted by Gasteiger charge is -2.36. The molecule has 1 fully saturated rings. The van der Waals surface area contributed by atoms with E-state index in [9.17, 15) is 9.59 Å². The Morgan fingerprint density at radius 1 is 1.00 bits per heavy atom. The molecule has 0 radical (unpaired) electrons. The lowest BCUT2D eigenvalue weighted by Crippen LogP contribution is -2.42. The van der Waals surface area contributed by atoms with Crippen molar-refractivity contribution in [3.8, 4) is 0 Å². The second-order valence-electron chi connectivity index (χ2n) is 8.13. The number of ether oxygens (including phenoxy) is 2. The molecule has 1 saturated carbocycles. The Morgan fingerprint density at radius 3 is 2.04 bits per heavy atom. The van der Waals surface area contributed by atoms with Crippen molar-refractivity contribution in [1.82, 2.24) is 0 Å². The summed E-state index contributed by atoms with van der Waals surface area (Å²) in [5.74, 6) is 0.388. The average molecular weight is 341 g/mol. The average Bonchev–Trinajstić information content (AvgIpc) is 3.04. The van der Waals surface area contributed by atoms with E-state index >= 15 is 0 Å². The highest BCUT2D eigenvalue weighted by Gasteiger charge is 2.48. The Balaban J connectivity index is 2.93. The molecule has 1 aliphatic rings. The summed E-state index contributed by atoms with van der Waals surface area (Å²) in [6.45, 7) is 11.0. The third kappa shape index (κ3) is 6.10. The number of hydrogen-bond acceptors (Lipinski definition) is 4. The fraction of sp³-hybridized carbons (Fsp3) is 0.900. The fourth-order valence-corrected chi connectivity index (χ4v) is 3.66. The number of carbonyl (C=O) groups is 2. The third-order valence-corrected chi connectivity index (χ3v) is 4.82. The molecule has 1 rings (SSSR count). The van der Waals surface area contributed by atoms with Gasteiger partial charge in [-0.1, -0.05) is 53.9 Å². The molecule has 0 heterocycles. The van der Waals surface area contributed by atoms with Crippen LogP contribution in [0.1, 0.15) is 79.6 Å². The van der Waals surface area contributed by atoms with Gasteiger partial charge in [-0.25, -0.2) is 0 Å². The van der Waals surface area contributed by atoms with Gasteiger partial charge in [0.2, 0.25) is 0 Å². The van der Waals surface area contributed by atoms with Gasteiger partial charge >= 0.3 is 11.9 Å². The lowest BCUT2D eigenvalue weighted by atomic mass is 9.69. The Kier molecular flexibility index (Phi) is 8.79. The van der Waals surface area contributed by atoms with Crippen LogP contribution in [0.4, 0.5) is 0 Å². The number of rotatable bonds is 10. The molecule has 0 aromatic rings. The van der Waals surface area contributed by atoms with Gasteiger partial charge in [0.05, 0.1) is 25.0 Å². The van der Waals surface area contributed by atoms with E-state index in [1.807, 2.05) is 27.7 Å². The van der Waals surface area contributed by atoms with Crippen LogP contribution in [0.15, 0.2) is 0 Å². The van der Waals surface area contributed by atoms with E-state index < -0.39 is 5.41 Å². The fourth-order valence-electron chi connectivity index (χ4n) is 3.66. The van der Waals surface area contributed by atoms with Gasteiger partial charge in [-0.05, 0) is 37.0 Å². The maximum atomic E-state index is 13.0. The van der Waals surface area contributed by atoms with Crippen molar-refractivity contribution >= 4 is 11.9 Å². The summed E-state index contributed by atoms with van der Waals surface area (Å²) in [5, 5.41) is 0. The molecule has 0 spiro atoms. The van der Waals surface area contributed by atoms with Crippen LogP contribution in [0.3, 0.4) is 0 Å². The largest absolute Gasteiger partial charge is 0.465 e. The quantitative estimate of drug-likeness (QED) is 0.538. The van der Waals surface area contributed by atoms with Crippen molar-refractivity contribution in [3.05, 3.63) is 0 Å². The number of carbonyl (C=O) groups excluding carboxylic acids is 2. The summed E-state index contributed by atoms with van der Waals surface area (Å²) in [7, 11) is 0. The monoisotopic (exact) mass is 340 g/mol. The first-order valence-electron chi connectivity index (χ1n) is 9.64. The first-order chi connectivity index (χ1) is 11.3. The molecular formula is C20H36O4. The molecule has 0 saturated heterocycles. The summed E-state index contributed by atoms with van der Waals surface area (Å²) in [6.07, 6.45) is 6.01. The maximum Gasteiger partial charge on any atom is 0.312 e. The van der Waals surface area contributed by atoms with E-state index in [4.69, 9.17) is 9.47 Å². The van der Waals surface area contributed by atoms with Crippen LogP contribution in [0.25, 0.3) is 0 Å². The SMILES string of the molecule is CCCC(CC(=O)OCC(C)C)(C(=O)OCC(C)C)C1CCCC1. The van der Waals surface area contributed by atoms with E-state index in [0.717, 1.165) is 32.1 Å². The standard InChI is InChI=1S/C20H36O4/c1-6-11-20(17-9-7-8-10-17,19(22)24-14-16(4)5)12-18(21)23-13-15(2)3/h15-17H,6-14H2,1-5H3. The van der Waals surface area contributed by atoms with Crippen LogP contribution < -0.4 is 0 Å². The molecule has 0 aliphatic heterocycles. The second-order valence-corrected chi connectivity index (χ2v) is 8.13. The molecule has 0 aromatic heterocycles. The molecule has 4 heteroatoms. The highest BCUT2D eigenvalue weighted by Crippen LogP contribution is 2.47. The smallest absolute Gasteiger partial charge is 0.312 e. The van der Waals surface area contributed by atoms with Crippen LogP contribution >= 0.6 is 0 Å². The molecule has 0 N–H and O–H groups in total. The first kappa shape index (κ1) is 21.0. The van der Waals surface area contributed by atoms with Crippen LogP contribution in [-0.2, 0) is 19.1 Å². The Bertz CT molecular complexity index is 396. The highest BCUT2D eigenvalue weighted by molar-refractivity contribution is 5.84. The van der Waals surface area contributed by atoms with Crippen molar-refractivity contribution in [3.63, 3.8) is 0 Å². The van der Waals surface area contributed by atoms with Gasteiger partial charge in [0.15, 0.2) is 0 Å². The van der Waals surface area contributed by atoms with Gasteiger partial charge in [0.1, 0.15) is 0 Å². The topological polar surface area (TPSA) is 52.6 Å². The zero-order valence-corrected chi connectivity index (χ0v) is 16.2. The molecule has 4 nitrogen and oxygen atoms in total. The van der Waals surface area contributed by atoms with Crippen molar-refractivity contribution in [1.29, 1.82) is 0 Å². The number of hydrogen-bond donors (Lipinski definition) is 0. The maximum absolute atomic E-state index is 13.0. The van der Waals surface area contributed by atoms with Gasteiger partial charge in [0, 0.05) is 0 Å². The summed E-state index contributed by atoms with van der Waals surface area (Å²) < 4.78 is 11.0. The van der Waals surface area contributed by atoms with E-state index in [1.54, 1.807) is 0 Å².